The van der Waals surface area contributed by atoms with Gasteiger partial charge in [-0.25, -0.2) is 13.2 Å². The number of likely N-dealkylation sites (N-methyl/N-ethyl adjacent to an activating group) is 1. The second kappa shape index (κ2) is 6.21. The highest BCUT2D eigenvalue weighted by Gasteiger charge is 2.24. The maximum Gasteiger partial charge on any atom is 0.336 e. The van der Waals surface area contributed by atoms with E-state index in [2.05, 4.69) is 15.9 Å². The summed E-state index contributed by atoms with van der Waals surface area (Å²) in [5.41, 5.74) is 0.373. The van der Waals surface area contributed by atoms with Crippen molar-refractivity contribution in [2.45, 2.75) is 24.8 Å². The first-order valence-corrected chi connectivity index (χ1v) is 7.98. The molecular formula is C12H16BrNO5S. The molecule has 0 fully saturated rings. The predicted molar refractivity (Wildman–Crippen MR) is 77.3 cm³/mol. The van der Waals surface area contributed by atoms with Gasteiger partial charge in [-0.2, -0.15) is 4.31 Å². The summed E-state index contributed by atoms with van der Waals surface area (Å²) >= 11 is 3.16. The summed E-state index contributed by atoms with van der Waals surface area (Å²) in [5, 5.41) is 18.4. The lowest BCUT2D eigenvalue weighted by molar-refractivity contribution is 0.0695. The van der Waals surface area contributed by atoms with Gasteiger partial charge in [-0.1, -0.05) is 15.9 Å². The number of aliphatic hydroxyl groups is 1. The predicted octanol–water partition coefficient (Wildman–Crippen LogP) is 1.46. The number of carboxylic acid groups (broad SMARTS) is 1. The molecule has 0 bridgehead atoms. The van der Waals surface area contributed by atoms with Crippen molar-refractivity contribution in [2.75, 3.05) is 13.6 Å². The van der Waals surface area contributed by atoms with Gasteiger partial charge in [0.25, 0.3) is 0 Å². The van der Waals surface area contributed by atoms with Gasteiger partial charge in [0.2, 0.25) is 10.0 Å². The molecule has 1 aromatic carbocycles. The third-order valence-electron chi connectivity index (χ3n) is 2.78. The van der Waals surface area contributed by atoms with Crippen molar-refractivity contribution in [2.24, 2.45) is 0 Å². The van der Waals surface area contributed by atoms with Crippen LogP contribution in [0.3, 0.4) is 0 Å². The van der Waals surface area contributed by atoms with E-state index in [0.717, 1.165) is 10.4 Å². The quantitative estimate of drug-likeness (QED) is 0.823. The molecule has 112 valence electrons. The number of halogens is 1. The van der Waals surface area contributed by atoms with E-state index in [-0.39, 0.29) is 17.0 Å². The molecule has 20 heavy (non-hydrogen) atoms. The fourth-order valence-corrected chi connectivity index (χ4v) is 3.59. The molecule has 0 aromatic heterocycles. The Balaban J connectivity index is 3.36. The zero-order chi connectivity index (χ0) is 15.7. The van der Waals surface area contributed by atoms with Crippen LogP contribution in [0.4, 0.5) is 0 Å². The van der Waals surface area contributed by atoms with Gasteiger partial charge in [0, 0.05) is 18.1 Å². The van der Waals surface area contributed by atoms with Gasteiger partial charge >= 0.3 is 5.97 Å². The molecule has 0 aliphatic heterocycles. The lowest BCUT2D eigenvalue weighted by Gasteiger charge is -2.19. The molecular weight excluding hydrogens is 350 g/mol. The molecule has 0 radical (unpaired) electrons. The molecule has 1 rings (SSSR count). The van der Waals surface area contributed by atoms with Crippen LogP contribution in [0.2, 0.25) is 0 Å². The van der Waals surface area contributed by atoms with Gasteiger partial charge in [-0.05, 0) is 31.5 Å². The fraction of sp³-hybridized carbons (Fsp3) is 0.417. The Hall–Kier alpha value is -0.960. The Morgan fingerprint density at radius 1 is 1.45 bits per heavy atom. The number of sulfonamides is 1. The van der Waals surface area contributed by atoms with Gasteiger partial charge in [0.1, 0.15) is 0 Å². The van der Waals surface area contributed by atoms with Gasteiger partial charge < -0.3 is 10.2 Å². The van der Waals surface area contributed by atoms with E-state index < -0.39 is 22.1 Å². The smallest absolute Gasteiger partial charge is 0.336 e. The van der Waals surface area contributed by atoms with Gasteiger partial charge in [-0.3, -0.25) is 0 Å². The summed E-state index contributed by atoms with van der Waals surface area (Å²) < 4.78 is 26.0. The summed E-state index contributed by atoms with van der Waals surface area (Å²) in [4.78, 5) is 11.0. The number of aliphatic hydroxyl groups excluding tert-OH is 1. The number of carboxylic acids is 1. The van der Waals surface area contributed by atoms with Gasteiger partial charge in [-0.15, -0.1) is 0 Å². The number of hydrogen-bond donors (Lipinski definition) is 2. The number of rotatable bonds is 5. The van der Waals surface area contributed by atoms with E-state index >= 15 is 0 Å². The number of hydrogen-bond acceptors (Lipinski definition) is 4. The van der Waals surface area contributed by atoms with Crippen LogP contribution in [0, 0.1) is 6.92 Å². The van der Waals surface area contributed by atoms with Crippen molar-refractivity contribution in [3.8, 4) is 0 Å². The average Bonchev–Trinajstić information content (AvgIpc) is 2.30. The Morgan fingerprint density at radius 2 is 2.00 bits per heavy atom. The standard InChI is InChI=1S/C12H16BrNO5S/c1-7(15)6-14(3)20(18,19)9-4-10(12(16)17)8(2)11(13)5-9/h4-5,7,15H,6H2,1-3H3,(H,16,17). The minimum atomic E-state index is -3.85. The largest absolute Gasteiger partial charge is 0.478 e. The highest BCUT2D eigenvalue weighted by atomic mass is 79.9. The molecule has 0 saturated carbocycles. The molecule has 2 N–H and O–H groups in total. The van der Waals surface area contributed by atoms with Crippen LogP contribution in [-0.4, -0.2) is 48.6 Å². The molecule has 8 heteroatoms. The maximum absolute atomic E-state index is 12.3. The van der Waals surface area contributed by atoms with Crippen LogP contribution >= 0.6 is 15.9 Å². The minimum Gasteiger partial charge on any atom is -0.478 e. The van der Waals surface area contributed by atoms with Crippen molar-refractivity contribution in [3.05, 3.63) is 27.7 Å². The Kier molecular flexibility index (Phi) is 5.31. The third kappa shape index (κ3) is 3.57. The Morgan fingerprint density at radius 3 is 2.45 bits per heavy atom. The Labute approximate surface area is 126 Å². The molecule has 1 unspecified atom stereocenters. The zero-order valence-electron chi connectivity index (χ0n) is 11.3. The first kappa shape index (κ1) is 17.1. The van der Waals surface area contributed by atoms with Gasteiger partial charge in [0.15, 0.2) is 0 Å². The highest BCUT2D eigenvalue weighted by Crippen LogP contribution is 2.26. The van der Waals surface area contributed by atoms with E-state index in [4.69, 9.17) is 5.11 Å². The van der Waals surface area contributed by atoms with E-state index in [1.54, 1.807) is 6.92 Å². The molecule has 1 atom stereocenters. The van der Waals surface area contributed by atoms with Crippen molar-refractivity contribution in [1.82, 2.24) is 4.31 Å². The van der Waals surface area contributed by atoms with Crippen LogP contribution in [0.1, 0.15) is 22.8 Å². The second-order valence-electron chi connectivity index (χ2n) is 4.52. The highest BCUT2D eigenvalue weighted by molar-refractivity contribution is 9.10. The normalized spacial score (nSPS) is 13.5. The van der Waals surface area contributed by atoms with E-state index in [1.165, 1.54) is 20.0 Å². The Bertz CT molecular complexity index is 627. The molecule has 0 aliphatic carbocycles. The van der Waals surface area contributed by atoms with Crippen LogP contribution in [0.5, 0.6) is 0 Å². The third-order valence-corrected chi connectivity index (χ3v) is 5.40. The van der Waals surface area contributed by atoms with Crippen molar-refractivity contribution >= 4 is 31.9 Å². The molecule has 6 nitrogen and oxygen atoms in total. The fourth-order valence-electron chi connectivity index (χ4n) is 1.68. The SMILES string of the molecule is Cc1c(Br)cc(S(=O)(=O)N(C)CC(C)O)cc1C(=O)O. The van der Waals surface area contributed by atoms with E-state index in [9.17, 15) is 18.3 Å². The number of benzene rings is 1. The molecule has 0 heterocycles. The van der Waals surface area contributed by atoms with Crippen LogP contribution in [-0.2, 0) is 10.0 Å². The van der Waals surface area contributed by atoms with Crippen LogP contribution in [0.25, 0.3) is 0 Å². The summed E-state index contributed by atoms with van der Waals surface area (Å²) in [7, 11) is -2.52. The maximum atomic E-state index is 12.3. The molecule has 0 amide bonds. The lowest BCUT2D eigenvalue weighted by atomic mass is 10.1. The first-order chi connectivity index (χ1) is 9.07. The zero-order valence-corrected chi connectivity index (χ0v) is 13.7. The number of aromatic carboxylic acids is 1. The molecule has 0 spiro atoms. The molecule has 0 aliphatic rings. The number of nitrogens with zero attached hydrogens (tertiary/aromatic N) is 1. The van der Waals surface area contributed by atoms with Crippen molar-refractivity contribution in [1.29, 1.82) is 0 Å². The summed E-state index contributed by atoms with van der Waals surface area (Å²) in [5.74, 6) is -1.20. The molecule has 1 aromatic rings. The molecule has 0 saturated heterocycles. The van der Waals surface area contributed by atoms with Crippen molar-refractivity contribution in [3.63, 3.8) is 0 Å². The summed E-state index contributed by atoms with van der Waals surface area (Å²) in [6.07, 6.45) is -0.817. The first-order valence-electron chi connectivity index (χ1n) is 5.75. The monoisotopic (exact) mass is 365 g/mol. The lowest BCUT2D eigenvalue weighted by Crippen LogP contribution is -2.33. The van der Waals surface area contributed by atoms with Crippen molar-refractivity contribution < 1.29 is 23.4 Å². The van der Waals surface area contributed by atoms with E-state index in [1.807, 2.05) is 0 Å². The minimum absolute atomic E-state index is 0.0732. The second-order valence-corrected chi connectivity index (χ2v) is 7.42. The van der Waals surface area contributed by atoms with Crippen LogP contribution < -0.4 is 0 Å². The number of carbonyl (C=O) groups is 1. The summed E-state index contributed by atoms with van der Waals surface area (Å²) in [6.45, 7) is 2.99. The van der Waals surface area contributed by atoms with E-state index in [0.29, 0.717) is 10.0 Å². The van der Waals surface area contributed by atoms with Gasteiger partial charge in [0.05, 0.1) is 16.6 Å². The average molecular weight is 366 g/mol. The topological polar surface area (TPSA) is 94.9 Å². The van der Waals surface area contributed by atoms with Crippen LogP contribution in [0.15, 0.2) is 21.5 Å². The summed E-state index contributed by atoms with van der Waals surface area (Å²) in [6, 6.07) is 2.48.